The van der Waals surface area contributed by atoms with Gasteiger partial charge in [-0.15, -0.1) is 0 Å². The molecule has 1 N–H and O–H groups in total. The second kappa shape index (κ2) is 9.72. The Balaban J connectivity index is 1.57. The fraction of sp³-hybridized carbons (Fsp3) is 0.179. The van der Waals surface area contributed by atoms with E-state index in [0.29, 0.717) is 23.4 Å². The van der Waals surface area contributed by atoms with E-state index < -0.39 is 0 Å². The van der Waals surface area contributed by atoms with Crippen LogP contribution in [0.2, 0.25) is 0 Å². The maximum absolute atomic E-state index is 5.83. The highest BCUT2D eigenvalue weighted by Crippen LogP contribution is 2.38. The number of hydrogen-bond donors (Lipinski definition) is 1. The monoisotopic (exact) mass is 482 g/mol. The molecule has 3 aromatic carbocycles. The summed E-state index contributed by atoms with van der Waals surface area (Å²) in [5.41, 5.74) is 6.20. The number of methoxy groups -OCH3 is 1. The van der Waals surface area contributed by atoms with Gasteiger partial charge in [-0.1, -0.05) is 65.3 Å². The lowest BCUT2D eigenvalue weighted by atomic mass is 9.94. The topological polar surface area (TPSA) is 63.4 Å². The van der Waals surface area contributed by atoms with Gasteiger partial charge in [-0.05, 0) is 61.5 Å². The summed E-state index contributed by atoms with van der Waals surface area (Å²) >= 11 is 5.82. The molecule has 176 valence electrons. The molecule has 1 aliphatic rings. The van der Waals surface area contributed by atoms with E-state index in [-0.39, 0.29) is 6.04 Å². The Morgan fingerprint density at radius 1 is 1.00 bits per heavy atom. The molecule has 1 unspecified atom stereocenters. The maximum Gasteiger partial charge on any atom is 0.258 e. The van der Waals surface area contributed by atoms with Crippen molar-refractivity contribution in [1.82, 2.24) is 20.4 Å². The van der Waals surface area contributed by atoms with Crippen LogP contribution in [0.15, 0.2) is 89.1 Å². The Morgan fingerprint density at radius 3 is 2.49 bits per heavy atom. The van der Waals surface area contributed by atoms with E-state index in [9.17, 15) is 0 Å². The van der Waals surface area contributed by atoms with Crippen molar-refractivity contribution in [3.63, 3.8) is 0 Å². The molecule has 6 nitrogen and oxygen atoms in total. The number of allylic oxidation sites excluding steroid dienone is 1. The number of aryl methyl sites for hydroxylation is 1. The number of rotatable bonds is 6. The van der Waals surface area contributed by atoms with Crippen molar-refractivity contribution in [3.8, 4) is 17.1 Å². The summed E-state index contributed by atoms with van der Waals surface area (Å²) in [7, 11) is 1.64. The largest absolute Gasteiger partial charge is 0.497 e. The molecule has 4 aromatic rings. The van der Waals surface area contributed by atoms with E-state index in [1.165, 1.54) is 11.1 Å². The molecule has 35 heavy (non-hydrogen) atoms. The zero-order valence-corrected chi connectivity index (χ0v) is 20.7. The van der Waals surface area contributed by atoms with Gasteiger partial charge in [-0.25, -0.2) is 0 Å². The highest BCUT2D eigenvalue weighted by molar-refractivity contribution is 7.80. The van der Waals surface area contributed by atoms with Gasteiger partial charge in [0.1, 0.15) is 5.75 Å². The minimum absolute atomic E-state index is 0.207. The highest BCUT2D eigenvalue weighted by atomic mass is 32.1. The summed E-state index contributed by atoms with van der Waals surface area (Å²) in [6.07, 6.45) is 0. The van der Waals surface area contributed by atoms with Crippen LogP contribution in [0, 0.1) is 6.92 Å². The predicted octanol–water partition coefficient (Wildman–Crippen LogP) is 5.92. The van der Waals surface area contributed by atoms with Gasteiger partial charge in [0, 0.05) is 17.8 Å². The average Bonchev–Trinajstić information content (AvgIpc) is 3.36. The molecule has 0 saturated carbocycles. The van der Waals surface area contributed by atoms with Gasteiger partial charge in [-0.3, -0.25) is 0 Å². The summed E-state index contributed by atoms with van der Waals surface area (Å²) in [5, 5.41) is 8.46. The molecule has 0 saturated heterocycles. The molecule has 1 aromatic heterocycles. The molecule has 0 amide bonds. The molecule has 5 rings (SSSR count). The first-order chi connectivity index (χ1) is 17.0. The van der Waals surface area contributed by atoms with Crippen LogP contribution in [0.25, 0.3) is 17.0 Å². The number of benzene rings is 3. The second-order valence-electron chi connectivity index (χ2n) is 8.52. The molecule has 0 bridgehead atoms. The number of hydrogen-bond acceptors (Lipinski definition) is 5. The van der Waals surface area contributed by atoms with Gasteiger partial charge in [0.05, 0.1) is 18.7 Å². The van der Waals surface area contributed by atoms with Crippen LogP contribution in [0.4, 0.5) is 0 Å². The number of ether oxygens (including phenoxy) is 1. The number of aromatic nitrogens is 2. The Hall–Kier alpha value is -3.97. The van der Waals surface area contributed by atoms with E-state index in [1.807, 2.05) is 42.5 Å². The third kappa shape index (κ3) is 4.68. The second-order valence-corrected chi connectivity index (χ2v) is 8.91. The molecule has 2 heterocycles. The molecule has 7 heteroatoms. The van der Waals surface area contributed by atoms with Gasteiger partial charge in [-0.2, -0.15) is 4.98 Å². The van der Waals surface area contributed by atoms with Gasteiger partial charge >= 0.3 is 0 Å². The van der Waals surface area contributed by atoms with Gasteiger partial charge in [0.15, 0.2) is 5.11 Å². The minimum atomic E-state index is -0.207. The van der Waals surface area contributed by atoms with E-state index >= 15 is 0 Å². The number of thiocarbonyl (C=S) groups is 1. The fourth-order valence-electron chi connectivity index (χ4n) is 4.33. The van der Waals surface area contributed by atoms with E-state index in [0.717, 1.165) is 28.1 Å². The standard InChI is InChI=1S/C28H26N4O2S/c1-18-8-7-9-20(16-18)17-32-19(2)24(25(29-28(32)35)21-10-5-4-6-11-21)27-30-26(31-34-27)22-12-14-23(33-3)15-13-22/h4-16,25H,17H2,1-3H3,(H,29,35). The van der Waals surface area contributed by atoms with Crippen LogP contribution in [0.1, 0.15) is 35.5 Å². The Bertz CT molecular complexity index is 1380. The van der Waals surface area contributed by atoms with Crippen molar-refractivity contribution in [3.05, 3.63) is 107 Å². The molecule has 0 fully saturated rings. The van der Waals surface area contributed by atoms with Gasteiger partial charge < -0.3 is 19.5 Å². The summed E-state index contributed by atoms with van der Waals surface area (Å²) in [4.78, 5) is 6.87. The number of nitrogens with zero attached hydrogens (tertiary/aromatic N) is 3. The maximum atomic E-state index is 5.83. The van der Waals surface area contributed by atoms with Crippen LogP contribution in [0.5, 0.6) is 5.75 Å². The van der Waals surface area contributed by atoms with Gasteiger partial charge in [0.25, 0.3) is 5.89 Å². The molecule has 0 radical (unpaired) electrons. The third-order valence-corrected chi connectivity index (χ3v) is 6.50. The Kier molecular flexibility index (Phi) is 6.33. The summed E-state index contributed by atoms with van der Waals surface area (Å²) in [6.45, 7) is 4.80. The van der Waals surface area contributed by atoms with E-state index in [4.69, 9.17) is 26.5 Å². The summed E-state index contributed by atoms with van der Waals surface area (Å²) in [5.74, 6) is 1.76. The molecule has 1 aliphatic heterocycles. The SMILES string of the molecule is COc1ccc(-c2noc(C3=C(C)N(Cc4cccc(C)c4)C(=S)NC3c3ccccc3)n2)cc1. The van der Waals surface area contributed by atoms with Crippen molar-refractivity contribution < 1.29 is 9.26 Å². The lowest BCUT2D eigenvalue weighted by molar-refractivity contribution is 0.396. The lowest BCUT2D eigenvalue weighted by Crippen LogP contribution is -2.45. The highest BCUT2D eigenvalue weighted by Gasteiger charge is 2.34. The molecule has 1 atom stereocenters. The summed E-state index contributed by atoms with van der Waals surface area (Å²) in [6, 6.07) is 26.0. The van der Waals surface area contributed by atoms with Crippen molar-refractivity contribution in [2.45, 2.75) is 26.4 Å². The van der Waals surface area contributed by atoms with Crippen LogP contribution >= 0.6 is 12.2 Å². The van der Waals surface area contributed by atoms with Crippen LogP contribution in [-0.4, -0.2) is 27.3 Å². The first-order valence-corrected chi connectivity index (χ1v) is 11.8. The molecule has 0 spiro atoms. The summed E-state index contributed by atoms with van der Waals surface area (Å²) < 4.78 is 11.1. The van der Waals surface area contributed by atoms with Gasteiger partial charge in [0.2, 0.25) is 5.82 Å². The van der Waals surface area contributed by atoms with Crippen LogP contribution < -0.4 is 10.1 Å². The normalized spacial score (nSPS) is 15.8. The Labute approximate surface area is 210 Å². The van der Waals surface area contributed by atoms with Crippen molar-refractivity contribution in [2.24, 2.45) is 0 Å². The molecule has 0 aliphatic carbocycles. The lowest BCUT2D eigenvalue weighted by Gasteiger charge is -2.37. The fourth-order valence-corrected chi connectivity index (χ4v) is 4.65. The molecular formula is C28H26N4O2S. The van der Waals surface area contributed by atoms with Crippen LogP contribution in [-0.2, 0) is 6.54 Å². The van der Waals surface area contributed by atoms with Crippen molar-refractivity contribution >= 4 is 22.9 Å². The van der Waals surface area contributed by atoms with E-state index in [1.54, 1.807) is 7.11 Å². The minimum Gasteiger partial charge on any atom is -0.497 e. The zero-order chi connectivity index (χ0) is 24.4. The quantitative estimate of drug-likeness (QED) is 0.343. The van der Waals surface area contributed by atoms with Crippen LogP contribution in [0.3, 0.4) is 0 Å². The Morgan fingerprint density at radius 2 is 1.77 bits per heavy atom. The predicted molar refractivity (Wildman–Crippen MR) is 141 cm³/mol. The third-order valence-electron chi connectivity index (χ3n) is 6.16. The van der Waals surface area contributed by atoms with E-state index in [2.05, 4.69) is 65.6 Å². The average molecular weight is 483 g/mol. The first-order valence-electron chi connectivity index (χ1n) is 11.4. The first kappa shape index (κ1) is 22.8. The number of nitrogens with one attached hydrogen (secondary N) is 1. The van der Waals surface area contributed by atoms with Crippen molar-refractivity contribution in [1.29, 1.82) is 0 Å². The van der Waals surface area contributed by atoms with Crippen molar-refractivity contribution in [2.75, 3.05) is 7.11 Å². The zero-order valence-electron chi connectivity index (χ0n) is 19.9. The smallest absolute Gasteiger partial charge is 0.258 e. The molecular weight excluding hydrogens is 456 g/mol.